The van der Waals surface area contributed by atoms with Crippen molar-refractivity contribution in [2.75, 3.05) is 6.54 Å². The van der Waals surface area contributed by atoms with Crippen molar-refractivity contribution in [3.8, 4) is 6.07 Å². The summed E-state index contributed by atoms with van der Waals surface area (Å²) in [4.78, 5) is 11.6. The van der Waals surface area contributed by atoms with Crippen LogP contribution < -0.4 is 5.32 Å². The Labute approximate surface area is 106 Å². The molecule has 1 rings (SSSR count). The molecular formula is C13H15ClN2O. The van der Waals surface area contributed by atoms with Crippen LogP contribution in [0.1, 0.15) is 19.4 Å². The van der Waals surface area contributed by atoms with E-state index in [1.54, 1.807) is 26.0 Å². The molecule has 0 spiro atoms. The zero-order valence-electron chi connectivity index (χ0n) is 9.96. The molecule has 0 fully saturated rings. The first-order valence-electron chi connectivity index (χ1n) is 5.35. The first kappa shape index (κ1) is 13.5. The molecule has 0 aliphatic carbocycles. The lowest BCUT2D eigenvalue weighted by atomic mass is 9.96. The molecule has 0 heterocycles. The molecule has 0 radical (unpaired) electrons. The van der Waals surface area contributed by atoms with Crippen LogP contribution in [0, 0.1) is 16.7 Å². The van der Waals surface area contributed by atoms with E-state index in [0.29, 0.717) is 11.6 Å². The second-order valence-electron chi connectivity index (χ2n) is 4.58. The van der Waals surface area contributed by atoms with Crippen molar-refractivity contribution in [1.29, 1.82) is 5.26 Å². The third-order valence-electron chi connectivity index (χ3n) is 2.28. The third-order valence-corrected chi connectivity index (χ3v) is 2.52. The summed E-state index contributed by atoms with van der Waals surface area (Å²) in [7, 11) is 0. The van der Waals surface area contributed by atoms with Gasteiger partial charge in [0.25, 0.3) is 0 Å². The highest BCUT2D eigenvalue weighted by Crippen LogP contribution is 2.12. The summed E-state index contributed by atoms with van der Waals surface area (Å²) in [6.45, 7) is 3.92. The zero-order chi connectivity index (χ0) is 12.9. The van der Waals surface area contributed by atoms with Gasteiger partial charge in [0.05, 0.1) is 17.9 Å². The molecule has 1 aromatic carbocycles. The predicted molar refractivity (Wildman–Crippen MR) is 67.6 cm³/mol. The van der Waals surface area contributed by atoms with E-state index in [4.69, 9.17) is 16.9 Å². The summed E-state index contributed by atoms with van der Waals surface area (Å²) in [6, 6.07) is 9.32. The van der Waals surface area contributed by atoms with E-state index < -0.39 is 5.41 Å². The number of benzene rings is 1. The number of carbonyl (C=O) groups excluding carboxylic acids is 1. The lowest BCUT2D eigenvalue weighted by Crippen LogP contribution is -2.34. The molecule has 3 nitrogen and oxygen atoms in total. The lowest BCUT2D eigenvalue weighted by Gasteiger charge is -2.15. The average Bonchev–Trinajstić information content (AvgIpc) is 2.27. The molecule has 90 valence electrons. The van der Waals surface area contributed by atoms with E-state index in [1.165, 1.54) is 0 Å². The molecule has 1 N–H and O–H groups in total. The average molecular weight is 251 g/mol. The predicted octanol–water partition coefficient (Wildman–Crippen LogP) is 2.55. The van der Waals surface area contributed by atoms with Gasteiger partial charge in [-0.15, -0.1) is 0 Å². The molecule has 17 heavy (non-hydrogen) atoms. The van der Waals surface area contributed by atoms with E-state index in [9.17, 15) is 4.79 Å². The molecule has 0 aliphatic heterocycles. The number of hydrogen-bond acceptors (Lipinski definition) is 2. The quantitative estimate of drug-likeness (QED) is 0.893. The maximum atomic E-state index is 11.6. The minimum atomic E-state index is -0.538. The maximum absolute atomic E-state index is 11.6. The van der Waals surface area contributed by atoms with Gasteiger partial charge in [0.2, 0.25) is 5.91 Å². The molecule has 0 bridgehead atoms. The van der Waals surface area contributed by atoms with Gasteiger partial charge < -0.3 is 5.32 Å². The van der Waals surface area contributed by atoms with Crippen LogP contribution in [0.25, 0.3) is 0 Å². The Hall–Kier alpha value is -1.53. The van der Waals surface area contributed by atoms with Crippen LogP contribution in [0.3, 0.4) is 0 Å². The van der Waals surface area contributed by atoms with Crippen LogP contribution in [-0.4, -0.2) is 12.5 Å². The van der Waals surface area contributed by atoms with Crippen molar-refractivity contribution in [2.24, 2.45) is 5.41 Å². The van der Waals surface area contributed by atoms with Gasteiger partial charge in [-0.1, -0.05) is 23.7 Å². The Balaban J connectivity index is 2.49. The second-order valence-corrected chi connectivity index (χ2v) is 5.02. The minimum Gasteiger partial charge on any atom is -0.354 e. The summed E-state index contributed by atoms with van der Waals surface area (Å²) in [5.74, 6) is -0.101. The Kier molecular flexibility index (Phi) is 4.53. The normalized spacial score (nSPS) is 10.7. The SMILES string of the molecule is CC(C)(C#N)CNC(=O)Cc1cccc(Cl)c1. The first-order valence-corrected chi connectivity index (χ1v) is 5.73. The molecule has 0 unspecified atom stereocenters. The monoisotopic (exact) mass is 250 g/mol. The summed E-state index contributed by atoms with van der Waals surface area (Å²) in [5.41, 5.74) is 0.328. The number of carbonyl (C=O) groups is 1. The molecular weight excluding hydrogens is 236 g/mol. The van der Waals surface area contributed by atoms with Crippen LogP contribution in [0.15, 0.2) is 24.3 Å². The van der Waals surface area contributed by atoms with E-state index >= 15 is 0 Å². The van der Waals surface area contributed by atoms with Crippen molar-refractivity contribution >= 4 is 17.5 Å². The highest BCUT2D eigenvalue weighted by molar-refractivity contribution is 6.30. The van der Waals surface area contributed by atoms with Crippen molar-refractivity contribution in [1.82, 2.24) is 5.32 Å². The van der Waals surface area contributed by atoms with Crippen molar-refractivity contribution in [2.45, 2.75) is 20.3 Å². The second kappa shape index (κ2) is 5.70. The molecule has 0 saturated heterocycles. The van der Waals surface area contributed by atoms with Gasteiger partial charge in [-0.25, -0.2) is 0 Å². The molecule has 1 aromatic rings. The summed E-state index contributed by atoms with van der Waals surface area (Å²) in [5, 5.41) is 12.2. The molecule has 0 saturated carbocycles. The van der Waals surface area contributed by atoms with Gasteiger partial charge in [0, 0.05) is 11.6 Å². The number of nitriles is 1. The van der Waals surface area contributed by atoms with E-state index in [2.05, 4.69) is 11.4 Å². The number of hydrogen-bond donors (Lipinski definition) is 1. The van der Waals surface area contributed by atoms with E-state index in [0.717, 1.165) is 5.56 Å². The number of nitrogens with zero attached hydrogens (tertiary/aromatic N) is 1. The first-order chi connectivity index (χ1) is 7.93. The fraction of sp³-hybridized carbons (Fsp3) is 0.385. The fourth-order valence-corrected chi connectivity index (χ4v) is 1.47. The van der Waals surface area contributed by atoms with Crippen molar-refractivity contribution in [3.63, 3.8) is 0 Å². The number of amides is 1. The van der Waals surface area contributed by atoms with Crippen LogP contribution in [0.4, 0.5) is 0 Å². The molecule has 1 amide bonds. The summed E-state index contributed by atoms with van der Waals surface area (Å²) >= 11 is 5.83. The molecule has 4 heteroatoms. The van der Waals surface area contributed by atoms with Gasteiger partial charge in [0.1, 0.15) is 0 Å². The Morgan fingerprint density at radius 2 is 2.24 bits per heavy atom. The van der Waals surface area contributed by atoms with Crippen LogP contribution in [0.5, 0.6) is 0 Å². The summed E-state index contributed by atoms with van der Waals surface area (Å²) in [6.07, 6.45) is 0.280. The van der Waals surface area contributed by atoms with E-state index in [1.807, 2.05) is 12.1 Å². The van der Waals surface area contributed by atoms with Crippen LogP contribution in [-0.2, 0) is 11.2 Å². The van der Waals surface area contributed by atoms with Crippen LogP contribution >= 0.6 is 11.6 Å². The number of rotatable bonds is 4. The smallest absolute Gasteiger partial charge is 0.224 e. The lowest BCUT2D eigenvalue weighted by molar-refractivity contribution is -0.120. The largest absolute Gasteiger partial charge is 0.354 e. The Morgan fingerprint density at radius 3 is 2.82 bits per heavy atom. The standard InChI is InChI=1S/C13H15ClN2O/c1-13(2,8-15)9-16-12(17)7-10-4-3-5-11(14)6-10/h3-6H,7,9H2,1-2H3,(H,16,17). The van der Waals surface area contributed by atoms with Gasteiger partial charge >= 0.3 is 0 Å². The van der Waals surface area contributed by atoms with E-state index in [-0.39, 0.29) is 12.3 Å². The van der Waals surface area contributed by atoms with Gasteiger partial charge in [-0.2, -0.15) is 5.26 Å². The Bertz CT molecular complexity index is 449. The minimum absolute atomic E-state index is 0.101. The fourth-order valence-electron chi connectivity index (χ4n) is 1.25. The van der Waals surface area contributed by atoms with Gasteiger partial charge in [-0.3, -0.25) is 4.79 Å². The molecule has 0 aliphatic rings. The third kappa shape index (κ3) is 4.88. The summed E-state index contributed by atoms with van der Waals surface area (Å²) < 4.78 is 0. The highest BCUT2D eigenvalue weighted by Gasteiger charge is 2.17. The van der Waals surface area contributed by atoms with Crippen LogP contribution in [0.2, 0.25) is 5.02 Å². The molecule has 0 aromatic heterocycles. The number of halogens is 1. The molecule has 0 atom stereocenters. The topological polar surface area (TPSA) is 52.9 Å². The highest BCUT2D eigenvalue weighted by atomic mass is 35.5. The van der Waals surface area contributed by atoms with Gasteiger partial charge in [-0.05, 0) is 31.5 Å². The maximum Gasteiger partial charge on any atom is 0.224 e. The zero-order valence-corrected chi connectivity index (χ0v) is 10.7. The van der Waals surface area contributed by atoms with Crippen molar-refractivity contribution in [3.05, 3.63) is 34.9 Å². The number of nitrogens with one attached hydrogen (secondary N) is 1. The van der Waals surface area contributed by atoms with Crippen molar-refractivity contribution < 1.29 is 4.79 Å². The Morgan fingerprint density at radius 1 is 1.53 bits per heavy atom. The van der Waals surface area contributed by atoms with Gasteiger partial charge in [0.15, 0.2) is 0 Å².